The normalized spacial score (nSPS) is 19.4. The van der Waals surface area contributed by atoms with Gasteiger partial charge in [-0.15, -0.1) is 0 Å². The number of hydrogen-bond donors (Lipinski definition) is 3. The van der Waals surface area contributed by atoms with Crippen molar-refractivity contribution in [3.8, 4) is 0 Å². The van der Waals surface area contributed by atoms with E-state index in [0.29, 0.717) is 6.42 Å². The summed E-state index contributed by atoms with van der Waals surface area (Å²) in [6, 6.07) is 6.81. The maximum Gasteiger partial charge on any atom is 0.328 e. The summed E-state index contributed by atoms with van der Waals surface area (Å²) >= 11 is 0. The van der Waals surface area contributed by atoms with Crippen molar-refractivity contribution in [2.24, 2.45) is 0 Å². The van der Waals surface area contributed by atoms with Crippen LogP contribution in [0.1, 0.15) is 32.3 Å². The molecule has 1 aliphatic rings. The quantitative estimate of drug-likeness (QED) is 0.436. The Balaban J connectivity index is 1.93. The van der Waals surface area contributed by atoms with Gasteiger partial charge < -0.3 is 20.7 Å². The maximum absolute atomic E-state index is 12.4. The molecule has 0 bridgehead atoms. The van der Waals surface area contributed by atoms with Gasteiger partial charge in [0.1, 0.15) is 18.1 Å². The molecule has 0 saturated carbocycles. The SMILES string of the molecule is COC(=O)[C@H](CC=C(C)C)NC(=O)C[C@@H]1NC(=O)[C@H](Cc2ccccc2)NC1=O. The van der Waals surface area contributed by atoms with Crippen LogP contribution in [-0.2, 0) is 30.3 Å². The molecule has 3 N–H and O–H groups in total. The lowest BCUT2D eigenvalue weighted by Gasteiger charge is -2.29. The van der Waals surface area contributed by atoms with Crippen LogP contribution in [0.5, 0.6) is 0 Å². The van der Waals surface area contributed by atoms with E-state index in [0.717, 1.165) is 11.1 Å². The van der Waals surface area contributed by atoms with Crippen molar-refractivity contribution in [3.63, 3.8) is 0 Å². The molecular weight excluding hydrogens is 374 g/mol. The Labute approximate surface area is 170 Å². The van der Waals surface area contributed by atoms with E-state index in [2.05, 4.69) is 16.0 Å². The molecule has 3 amide bonds. The van der Waals surface area contributed by atoms with Crippen molar-refractivity contribution in [3.05, 3.63) is 47.5 Å². The summed E-state index contributed by atoms with van der Waals surface area (Å²) in [5.74, 6) is -1.87. The highest BCUT2D eigenvalue weighted by Crippen LogP contribution is 2.09. The monoisotopic (exact) mass is 401 g/mol. The first-order valence-electron chi connectivity index (χ1n) is 9.45. The lowest BCUT2D eigenvalue weighted by atomic mass is 10.0. The zero-order valence-electron chi connectivity index (χ0n) is 16.9. The van der Waals surface area contributed by atoms with Crippen molar-refractivity contribution in [2.75, 3.05) is 7.11 Å². The van der Waals surface area contributed by atoms with Gasteiger partial charge in [-0.05, 0) is 25.8 Å². The van der Waals surface area contributed by atoms with E-state index in [1.54, 1.807) is 0 Å². The topological polar surface area (TPSA) is 114 Å². The van der Waals surface area contributed by atoms with Gasteiger partial charge in [-0.3, -0.25) is 14.4 Å². The van der Waals surface area contributed by atoms with Crippen LogP contribution in [0, 0.1) is 0 Å². The summed E-state index contributed by atoms with van der Waals surface area (Å²) < 4.78 is 4.71. The minimum Gasteiger partial charge on any atom is -0.467 e. The lowest BCUT2D eigenvalue weighted by Crippen LogP contribution is -2.63. The van der Waals surface area contributed by atoms with Gasteiger partial charge >= 0.3 is 5.97 Å². The third-order valence-electron chi connectivity index (χ3n) is 4.52. The molecule has 1 aliphatic heterocycles. The van der Waals surface area contributed by atoms with E-state index in [9.17, 15) is 19.2 Å². The molecule has 0 unspecified atom stereocenters. The van der Waals surface area contributed by atoms with E-state index in [1.807, 2.05) is 50.3 Å². The average Bonchev–Trinajstić information content (AvgIpc) is 2.69. The molecule has 1 heterocycles. The number of piperazine rings is 1. The minimum atomic E-state index is -0.990. The number of methoxy groups -OCH3 is 1. The van der Waals surface area contributed by atoms with E-state index < -0.39 is 35.9 Å². The molecular formula is C21H27N3O5. The third-order valence-corrected chi connectivity index (χ3v) is 4.52. The number of amides is 3. The van der Waals surface area contributed by atoms with Gasteiger partial charge in [0.15, 0.2) is 0 Å². The number of allylic oxidation sites excluding steroid dienone is 1. The number of benzene rings is 1. The molecule has 0 aromatic heterocycles. The van der Waals surface area contributed by atoms with Crippen LogP contribution in [0.3, 0.4) is 0 Å². The average molecular weight is 401 g/mol. The molecule has 1 fully saturated rings. The van der Waals surface area contributed by atoms with Crippen LogP contribution in [0.25, 0.3) is 0 Å². The second-order valence-electron chi connectivity index (χ2n) is 7.18. The van der Waals surface area contributed by atoms with Gasteiger partial charge in [0, 0.05) is 6.42 Å². The molecule has 0 spiro atoms. The molecule has 8 nitrogen and oxygen atoms in total. The highest BCUT2D eigenvalue weighted by Gasteiger charge is 2.35. The third kappa shape index (κ3) is 6.74. The van der Waals surface area contributed by atoms with Crippen LogP contribution in [0.4, 0.5) is 0 Å². The van der Waals surface area contributed by atoms with E-state index in [4.69, 9.17) is 4.74 Å². The Bertz CT molecular complexity index is 787. The summed E-state index contributed by atoms with van der Waals surface area (Å²) in [4.78, 5) is 48.9. The Hall–Kier alpha value is -3.16. The number of nitrogens with one attached hydrogen (secondary N) is 3. The summed E-state index contributed by atoms with van der Waals surface area (Å²) in [6.07, 6.45) is 2.19. The predicted molar refractivity (Wildman–Crippen MR) is 107 cm³/mol. The van der Waals surface area contributed by atoms with Crippen LogP contribution >= 0.6 is 0 Å². The second-order valence-corrected chi connectivity index (χ2v) is 7.18. The van der Waals surface area contributed by atoms with Crippen molar-refractivity contribution in [1.29, 1.82) is 0 Å². The van der Waals surface area contributed by atoms with Crippen molar-refractivity contribution >= 4 is 23.7 Å². The molecule has 1 aromatic carbocycles. The number of ether oxygens (including phenoxy) is 1. The number of esters is 1. The number of rotatable bonds is 8. The molecule has 1 saturated heterocycles. The Kier molecular flexibility index (Phi) is 7.94. The van der Waals surface area contributed by atoms with E-state index >= 15 is 0 Å². The maximum atomic E-state index is 12.4. The fraction of sp³-hybridized carbons (Fsp3) is 0.429. The fourth-order valence-corrected chi connectivity index (χ4v) is 2.96. The predicted octanol–water partition coefficient (Wildman–Crippen LogP) is 0.617. The zero-order chi connectivity index (χ0) is 21.4. The standard InChI is InChI=1S/C21H27N3O5/c1-13(2)9-10-15(21(28)29-3)22-18(25)12-17-20(27)23-16(19(26)24-17)11-14-7-5-4-6-8-14/h4-9,15-17H,10-12H2,1-3H3,(H,22,25)(H,23,27)(H,24,26)/t15-,16-,17-/m0/s1. The molecule has 3 atom stereocenters. The molecule has 8 heteroatoms. The largest absolute Gasteiger partial charge is 0.467 e. The Morgan fingerprint density at radius 2 is 1.72 bits per heavy atom. The highest BCUT2D eigenvalue weighted by molar-refractivity contribution is 5.99. The van der Waals surface area contributed by atoms with Gasteiger partial charge in [0.2, 0.25) is 17.7 Å². The van der Waals surface area contributed by atoms with Crippen LogP contribution in [0.15, 0.2) is 42.0 Å². The van der Waals surface area contributed by atoms with E-state index in [1.165, 1.54) is 7.11 Å². The molecule has 0 aliphatic carbocycles. The summed E-state index contributed by atoms with van der Waals surface area (Å²) in [5, 5.41) is 7.83. The molecule has 156 valence electrons. The molecule has 1 aromatic rings. The van der Waals surface area contributed by atoms with Crippen molar-refractivity contribution < 1.29 is 23.9 Å². The first-order valence-corrected chi connectivity index (χ1v) is 9.45. The molecule has 2 rings (SSSR count). The summed E-state index contributed by atoms with van der Waals surface area (Å²) in [7, 11) is 1.24. The van der Waals surface area contributed by atoms with Gasteiger partial charge in [0.05, 0.1) is 13.5 Å². The summed E-state index contributed by atoms with van der Waals surface area (Å²) in [5.41, 5.74) is 1.92. The molecule has 0 radical (unpaired) electrons. The van der Waals surface area contributed by atoms with Crippen LogP contribution in [0.2, 0.25) is 0 Å². The minimum absolute atomic E-state index is 0.266. The first kappa shape index (κ1) is 22.1. The van der Waals surface area contributed by atoms with Gasteiger partial charge in [-0.1, -0.05) is 42.0 Å². The highest BCUT2D eigenvalue weighted by atomic mass is 16.5. The second kappa shape index (κ2) is 10.4. The van der Waals surface area contributed by atoms with Gasteiger partial charge in [0.25, 0.3) is 0 Å². The summed E-state index contributed by atoms with van der Waals surface area (Å²) in [6.45, 7) is 3.76. The van der Waals surface area contributed by atoms with Gasteiger partial charge in [-0.25, -0.2) is 4.79 Å². The molecule has 29 heavy (non-hydrogen) atoms. The van der Waals surface area contributed by atoms with Crippen molar-refractivity contribution in [2.45, 2.75) is 51.2 Å². The van der Waals surface area contributed by atoms with Gasteiger partial charge in [-0.2, -0.15) is 0 Å². The number of carbonyl (C=O) groups excluding carboxylic acids is 4. The zero-order valence-corrected chi connectivity index (χ0v) is 16.9. The lowest BCUT2D eigenvalue weighted by molar-refractivity contribution is -0.145. The number of hydrogen-bond acceptors (Lipinski definition) is 5. The number of carbonyl (C=O) groups is 4. The smallest absolute Gasteiger partial charge is 0.328 e. The van der Waals surface area contributed by atoms with Crippen LogP contribution < -0.4 is 16.0 Å². The Morgan fingerprint density at radius 3 is 2.34 bits per heavy atom. The van der Waals surface area contributed by atoms with Crippen LogP contribution in [-0.4, -0.2) is 48.9 Å². The van der Waals surface area contributed by atoms with E-state index in [-0.39, 0.29) is 18.7 Å². The fourth-order valence-electron chi connectivity index (χ4n) is 2.96. The first-order chi connectivity index (χ1) is 13.8. The Morgan fingerprint density at radius 1 is 1.10 bits per heavy atom. The van der Waals surface area contributed by atoms with Crippen molar-refractivity contribution in [1.82, 2.24) is 16.0 Å².